The molecule has 64 heavy (non-hydrogen) atoms. The third-order valence-corrected chi connectivity index (χ3v) is 8.46. The van der Waals surface area contributed by atoms with Gasteiger partial charge in [0.15, 0.2) is 18.0 Å². The summed E-state index contributed by atoms with van der Waals surface area (Å²) in [6.45, 7) is 6.90. The van der Waals surface area contributed by atoms with E-state index in [-0.39, 0.29) is 34.2 Å². The van der Waals surface area contributed by atoms with Gasteiger partial charge in [-0.15, -0.1) is 0 Å². The van der Waals surface area contributed by atoms with Gasteiger partial charge in [-0.3, -0.25) is 38.4 Å². The highest BCUT2D eigenvalue weighted by molar-refractivity contribution is 5.91. The Bertz CT molecular complexity index is 2550. The van der Waals surface area contributed by atoms with E-state index in [0.29, 0.717) is 5.56 Å². The molecule has 1 saturated heterocycles. The van der Waals surface area contributed by atoms with Gasteiger partial charge in [-0.05, 0) is 48.0 Å². The fourth-order valence-corrected chi connectivity index (χ4v) is 6.23. The Hall–Kier alpha value is -7.87. The number of benzene rings is 3. The lowest BCUT2D eigenvalue weighted by molar-refractivity contribution is -0.288. The van der Waals surface area contributed by atoms with Crippen molar-refractivity contribution in [3.05, 3.63) is 82.5 Å². The molecule has 0 radical (unpaired) electrons. The second kappa shape index (κ2) is 20.8. The zero-order valence-electron chi connectivity index (χ0n) is 35.2. The Morgan fingerprint density at radius 2 is 1.11 bits per heavy atom. The number of carbonyl (C=O) groups excluding carboxylic acids is 8. The van der Waals surface area contributed by atoms with Crippen LogP contribution in [0.25, 0.3) is 28.4 Å². The average molecular weight is 889 g/mol. The maximum atomic E-state index is 14.7. The first kappa shape index (κ1) is 47.2. The first-order chi connectivity index (χ1) is 30.3. The van der Waals surface area contributed by atoms with E-state index in [4.69, 9.17) is 51.8 Å². The summed E-state index contributed by atoms with van der Waals surface area (Å²) < 4.78 is 61.3. The number of hydrogen-bond acceptors (Lipinski definition) is 20. The van der Waals surface area contributed by atoms with E-state index in [9.17, 15) is 43.2 Å². The number of fused-ring (bicyclic) bond motifs is 1. The monoisotopic (exact) mass is 888 g/mol. The molecule has 20 heteroatoms. The zero-order valence-corrected chi connectivity index (χ0v) is 35.2. The van der Waals surface area contributed by atoms with E-state index in [1.807, 2.05) is 0 Å². The van der Waals surface area contributed by atoms with Gasteiger partial charge in [0.05, 0.1) is 0 Å². The number of rotatable bonds is 14. The van der Waals surface area contributed by atoms with Gasteiger partial charge in [0, 0.05) is 72.2 Å². The van der Waals surface area contributed by atoms with Crippen LogP contribution < -0.4 is 29.1 Å². The van der Waals surface area contributed by atoms with Crippen molar-refractivity contribution in [3.8, 4) is 40.1 Å². The van der Waals surface area contributed by atoms with E-state index in [2.05, 4.69) is 0 Å². The predicted octanol–water partition coefficient (Wildman–Crippen LogP) is 4.32. The van der Waals surface area contributed by atoms with Gasteiger partial charge < -0.3 is 51.8 Å². The van der Waals surface area contributed by atoms with Crippen molar-refractivity contribution in [2.45, 2.75) is 79.2 Å². The average Bonchev–Trinajstić information content (AvgIpc) is 3.18. The molecule has 0 amide bonds. The van der Waals surface area contributed by atoms with Crippen LogP contribution in [0.15, 0.2) is 76.0 Å². The summed E-state index contributed by atoms with van der Waals surface area (Å²) in [6, 6.07) is 13.8. The molecule has 5 atom stereocenters. The molecular formula is C44H40O20. The van der Waals surface area contributed by atoms with Gasteiger partial charge in [-0.2, -0.15) is 0 Å². The summed E-state index contributed by atoms with van der Waals surface area (Å²) in [5.74, 6) is -7.85. The summed E-state index contributed by atoms with van der Waals surface area (Å²) in [7, 11) is 0. The fourth-order valence-electron chi connectivity index (χ4n) is 6.23. The van der Waals surface area contributed by atoms with Crippen LogP contribution in [0.4, 0.5) is 0 Å². The minimum absolute atomic E-state index is 0.101. The van der Waals surface area contributed by atoms with Gasteiger partial charge in [0.2, 0.25) is 23.6 Å². The summed E-state index contributed by atoms with van der Waals surface area (Å²) in [6.07, 6.45) is -6.28. The first-order valence-corrected chi connectivity index (χ1v) is 19.1. The lowest BCUT2D eigenvalue weighted by Gasteiger charge is -2.43. The minimum atomic E-state index is -1.97. The molecule has 3 aromatic carbocycles. The zero-order chi connectivity index (χ0) is 46.8. The quantitative estimate of drug-likeness (QED) is 0.0739. The molecule has 5 rings (SSSR count). The molecule has 1 fully saturated rings. The highest BCUT2D eigenvalue weighted by atomic mass is 16.7. The van der Waals surface area contributed by atoms with Gasteiger partial charge in [0.1, 0.15) is 46.7 Å². The lowest BCUT2D eigenvalue weighted by Crippen LogP contribution is -2.63. The Balaban J connectivity index is 1.63. The summed E-state index contributed by atoms with van der Waals surface area (Å²) in [5, 5.41) is -0.408. The minimum Gasteiger partial charge on any atom is -0.460 e. The van der Waals surface area contributed by atoms with Crippen molar-refractivity contribution in [2.75, 3.05) is 6.61 Å². The molecule has 336 valence electrons. The Kier molecular flexibility index (Phi) is 15.3. The maximum Gasteiger partial charge on any atom is 0.330 e. The number of carbonyl (C=O) groups is 8. The molecule has 4 aromatic rings. The summed E-state index contributed by atoms with van der Waals surface area (Å²) in [4.78, 5) is 112. The lowest BCUT2D eigenvalue weighted by atomic mass is 9.98. The molecule has 0 saturated carbocycles. The van der Waals surface area contributed by atoms with Crippen LogP contribution in [0.1, 0.15) is 54.0 Å². The Morgan fingerprint density at radius 3 is 1.66 bits per heavy atom. The van der Waals surface area contributed by atoms with Gasteiger partial charge in [-0.25, -0.2) is 4.79 Å². The van der Waals surface area contributed by atoms with E-state index in [0.717, 1.165) is 46.8 Å². The van der Waals surface area contributed by atoms with E-state index >= 15 is 0 Å². The maximum absolute atomic E-state index is 14.7. The molecule has 2 heterocycles. The van der Waals surface area contributed by atoms with Gasteiger partial charge in [-0.1, -0.05) is 12.1 Å². The summed E-state index contributed by atoms with van der Waals surface area (Å²) in [5.41, 5.74) is -0.698. The van der Waals surface area contributed by atoms with Crippen molar-refractivity contribution in [2.24, 2.45) is 0 Å². The van der Waals surface area contributed by atoms with E-state index < -0.39 is 107 Å². The van der Waals surface area contributed by atoms with Crippen LogP contribution in [0.2, 0.25) is 0 Å². The second-order valence-corrected chi connectivity index (χ2v) is 13.7. The third kappa shape index (κ3) is 12.6. The van der Waals surface area contributed by atoms with Gasteiger partial charge >= 0.3 is 47.8 Å². The van der Waals surface area contributed by atoms with Crippen molar-refractivity contribution in [1.29, 1.82) is 0 Å². The van der Waals surface area contributed by atoms with Crippen LogP contribution in [-0.2, 0) is 62.0 Å². The molecule has 0 aliphatic carbocycles. The molecule has 0 unspecified atom stereocenters. The summed E-state index contributed by atoms with van der Waals surface area (Å²) >= 11 is 0. The molecule has 0 N–H and O–H groups in total. The van der Waals surface area contributed by atoms with E-state index in [1.165, 1.54) is 62.4 Å². The fraction of sp³-hybridized carbons (Fsp3) is 0.295. The molecule has 0 spiro atoms. The van der Waals surface area contributed by atoms with Crippen LogP contribution >= 0.6 is 0 Å². The molecule has 1 aliphatic heterocycles. The van der Waals surface area contributed by atoms with Crippen molar-refractivity contribution in [3.63, 3.8) is 0 Å². The number of hydrogen-bond donors (Lipinski definition) is 0. The highest BCUT2D eigenvalue weighted by Crippen LogP contribution is 2.39. The normalized spacial score (nSPS) is 18.0. The standard InChI is InChI=1S/C44H40O20/c1-21(45)55-30-13-8-28(9-14-30)10-17-36(52)54-20-35-40(59-25(5)49)42(60-26(6)50)43(61-27(7)51)44(63-35)64-41-38(53)37-33(58-24(4)48)18-32(57-23(3)47)19-34(37)62-39(41)29-11-15-31(16-12-29)56-22(2)46/h8-19,35,40,42-44H,20H2,1-7H3/b17-10+/t35-,40-,42+,43-,44+/m1/s1. The molecule has 20 nitrogen and oxygen atoms in total. The molecular weight excluding hydrogens is 848 g/mol. The van der Waals surface area contributed by atoms with Crippen molar-refractivity contribution < 1.29 is 90.1 Å². The number of ether oxygens (including phenoxy) is 10. The van der Waals surface area contributed by atoms with Crippen LogP contribution in [-0.4, -0.2) is 85.1 Å². The number of esters is 8. The van der Waals surface area contributed by atoms with Crippen molar-refractivity contribution >= 4 is 64.8 Å². The highest BCUT2D eigenvalue weighted by Gasteiger charge is 2.54. The van der Waals surface area contributed by atoms with Crippen molar-refractivity contribution in [1.82, 2.24) is 0 Å². The smallest absolute Gasteiger partial charge is 0.330 e. The predicted molar refractivity (Wildman–Crippen MR) is 216 cm³/mol. The first-order valence-electron chi connectivity index (χ1n) is 19.1. The van der Waals surface area contributed by atoms with Gasteiger partial charge in [0.25, 0.3) is 0 Å². The van der Waals surface area contributed by atoms with Crippen LogP contribution in [0.3, 0.4) is 0 Å². The third-order valence-electron chi connectivity index (χ3n) is 8.46. The SMILES string of the molecule is CC(=O)Oc1ccc(/C=C/C(=O)OC[C@H]2O[C@@H](Oc3c(-c4ccc(OC(C)=O)cc4)oc4cc(OC(C)=O)cc(OC(C)=O)c4c3=O)[C@H](OC(C)=O)[C@@H](OC(C)=O)[C@@H]2OC(C)=O)cc1. The Labute approximate surface area is 362 Å². The van der Waals surface area contributed by atoms with Crippen LogP contribution in [0.5, 0.6) is 28.7 Å². The molecule has 1 aliphatic rings. The second-order valence-electron chi connectivity index (χ2n) is 13.7. The van der Waals surface area contributed by atoms with Crippen LogP contribution in [0, 0.1) is 0 Å². The Morgan fingerprint density at radius 1 is 0.594 bits per heavy atom. The molecule has 0 bridgehead atoms. The largest absolute Gasteiger partial charge is 0.460 e. The van der Waals surface area contributed by atoms with E-state index in [1.54, 1.807) is 12.1 Å². The molecule has 1 aromatic heterocycles. The topological polar surface area (TPSA) is 259 Å².